The minimum atomic E-state index is -0.154. The van der Waals surface area contributed by atoms with Gasteiger partial charge >= 0.3 is 0 Å². The predicted molar refractivity (Wildman–Crippen MR) is 94.0 cm³/mol. The number of amides is 1. The van der Waals surface area contributed by atoms with Gasteiger partial charge in [0.1, 0.15) is 11.3 Å². The molecule has 2 heterocycles. The molecule has 24 heavy (non-hydrogen) atoms. The summed E-state index contributed by atoms with van der Waals surface area (Å²) in [4.78, 5) is 12.4. The van der Waals surface area contributed by atoms with Crippen LogP contribution in [0.15, 0.2) is 45.6 Å². The van der Waals surface area contributed by atoms with Gasteiger partial charge in [0.2, 0.25) is 5.91 Å². The first-order valence-electron chi connectivity index (χ1n) is 8.29. The van der Waals surface area contributed by atoms with E-state index in [1.807, 2.05) is 19.1 Å². The average molecular weight is 325 g/mol. The van der Waals surface area contributed by atoms with Gasteiger partial charge in [0.25, 0.3) is 0 Å². The molecule has 0 saturated carbocycles. The molecule has 0 aliphatic heterocycles. The summed E-state index contributed by atoms with van der Waals surface area (Å²) >= 11 is 0. The van der Waals surface area contributed by atoms with Crippen LogP contribution in [-0.4, -0.2) is 5.91 Å². The Kier molecular flexibility index (Phi) is 4.47. The Morgan fingerprint density at radius 3 is 2.67 bits per heavy atom. The zero-order valence-corrected chi connectivity index (χ0v) is 14.6. The molecule has 3 rings (SSSR count). The summed E-state index contributed by atoms with van der Waals surface area (Å²) in [7, 11) is 0. The lowest BCUT2D eigenvalue weighted by molar-refractivity contribution is -0.121. The minimum Gasteiger partial charge on any atom is -0.467 e. The first kappa shape index (κ1) is 16.4. The molecular formula is C20H23NO3. The molecule has 1 atom stereocenters. The molecule has 0 saturated heterocycles. The number of rotatable bonds is 5. The van der Waals surface area contributed by atoms with Crippen LogP contribution in [0.3, 0.4) is 0 Å². The van der Waals surface area contributed by atoms with Crippen molar-refractivity contribution >= 4 is 16.9 Å². The van der Waals surface area contributed by atoms with Gasteiger partial charge in [-0.3, -0.25) is 4.79 Å². The Labute approximate surface area is 141 Å². The van der Waals surface area contributed by atoms with Crippen LogP contribution < -0.4 is 5.32 Å². The fraction of sp³-hybridized carbons (Fsp3) is 0.350. The molecule has 3 aromatic rings. The van der Waals surface area contributed by atoms with E-state index in [9.17, 15) is 4.79 Å². The standard InChI is InChI=1S/C20H23NO3/c1-12(2)16-10-17-15(11-24-19(17)8-13(16)3)9-20(22)21-14(4)18-6-5-7-23-18/h5-8,10-12,14H,9H2,1-4H3,(H,21,22). The smallest absolute Gasteiger partial charge is 0.225 e. The van der Waals surface area contributed by atoms with Crippen LogP contribution in [0.5, 0.6) is 0 Å². The molecule has 4 nitrogen and oxygen atoms in total. The van der Waals surface area contributed by atoms with Gasteiger partial charge in [-0.05, 0) is 55.2 Å². The topological polar surface area (TPSA) is 55.4 Å². The van der Waals surface area contributed by atoms with Gasteiger partial charge in [-0.1, -0.05) is 13.8 Å². The lowest BCUT2D eigenvalue weighted by Gasteiger charge is -2.12. The second kappa shape index (κ2) is 6.56. The highest BCUT2D eigenvalue weighted by Gasteiger charge is 2.16. The minimum absolute atomic E-state index is 0.0479. The van der Waals surface area contributed by atoms with Crippen molar-refractivity contribution in [3.63, 3.8) is 0 Å². The van der Waals surface area contributed by atoms with E-state index in [1.54, 1.807) is 12.5 Å². The molecule has 126 valence electrons. The maximum atomic E-state index is 12.4. The van der Waals surface area contributed by atoms with Gasteiger partial charge in [0.05, 0.1) is 25.0 Å². The largest absolute Gasteiger partial charge is 0.467 e. The molecule has 0 fully saturated rings. The quantitative estimate of drug-likeness (QED) is 0.727. The van der Waals surface area contributed by atoms with E-state index in [0.717, 1.165) is 22.3 Å². The highest BCUT2D eigenvalue weighted by molar-refractivity contribution is 5.88. The second-order valence-corrected chi connectivity index (χ2v) is 6.60. The van der Waals surface area contributed by atoms with Gasteiger partial charge < -0.3 is 14.2 Å². The van der Waals surface area contributed by atoms with Gasteiger partial charge in [0, 0.05) is 10.9 Å². The number of carbonyl (C=O) groups is 1. The van der Waals surface area contributed by atoms with Crippen molar-refractivity contribution in [3.05, 3.63) is 59.2 Å². The number of fused-ring (bicyclic) bond motifs is 1. The van der Waals surface area contributed by atoms with Crippen molar-refractivity contribution in [1.29, 1.82) is 0 Å². The van der Waals surface area contributed by atoms with E-state index in [4.69, 9.17) is 8.83 Å². The summed E-state index contributed by atoms with van der Waals surface area (Å²) in [6, 6.07) is 7.72. The number of furan rings is 2. The Balaban J connectivity index is 1.79. The fourth-order valence-corrected chi connectivity index (χ4v) is 3.08. The van der Waals surface area contributed by atoms with Crippen molar-refractivity contribution in [2.24, 2.45) is 0 Å². The lowest BCUT2D eigenvalue weighted by Crippen LogP contribution is -2.27. The van der Waals surface area contributed by atoms with Crippen LogP contribution in [0.4, 0.5) is 0 Å². The number of benzene rings is 1. The Morgan fingerprint density at radius 2 is 2.00 bits per heavy atom. The fourth-order valence-electron chi connectivity index (χ4n) is 3.08. The molecule has 0 bridgehead atoms. The molecule has 4 heteroatoms. The summed E-state index contributed by atoms with van der Waals surface area (Å²) < 4.78 is 11.0. The highest BCUT2D eigenvalue weighted by atomic mass is 16.3. The number of hydrogen-bond acceptors (Lipinski definition) is 3. The van der Waals surface area contributed by atoms with Gasteiger partial charge in [0.15, 0.2) is 0 Å². The Bertz CT molecular complexity index is 843. The summed E-state index contributed by atoms with van der Waals surface area (Å²) in [6.45, 7) is 8.34. The zero-order valence-electron chi connectivity index (χ0n) is 14.6. The molecule has 0 aliphatic carbocycles. The van der Waals surface area contributed by atoms with E-state index >= 15 is 0 Å². The van der Waals surface area contributed by atoms with Gasteiger partial charge in [-0.2, -0.15) is 0 Å². The van der Waals surface area contributed by atoms with Crippen molar-refractivity contribution in [2.45, 2.75) is 46.1 Å². The number of nitrogens with one attached hydrogen (secondary N) is 1. The summed E-state index contributed by atoms with van der Waals surface area (Å²) in [6.07, 6.45) is 3.58. The van der Waals surface area contributed by atoms with Gasteiger partial charge in [-0.15, -0.1) is 0 Å². The third-order valence-corrected chi connectivity index (χ3v) is 4.36. The molecule has 2 aromatic heterocycles. The first-order chi connectivity index (χ1) is 11.5. The summed E-state index contributed by atoms with van der Waals surface area (Å²) in [5, 5.41) is 3.98. The Morgan fingerprint density at radius 1 is 1.21 bits per heavy atom. The molecule has 1 N–H and O–H groups in total. The zero-order chi connectivity index (χ0) is 17.3. The van der Waals surface area contributed by atoms with Crippen LogP contribution in [0, 0.1) is 6.92 Å². The maximum Gasteiger partial charge on any atom is 0.225 e. The molecular weight excluding hydrogens is 302 g/mol. The summed E-state index contributed by atoms with van der Waals surface area (Å²) in [5.41, 5.74) is 4.25. The third kappa shape index (κ3) is 3.23. The molecule has 1 aromatic carbocycles. The van der Waals surface area contributed by atoms with Crippen molar-refractivity contribution < 1.29 is 13.6 Å². The maximum absolute atomic E-state index is 12.4. The van der Waals surface area contributed by atoms with E-state index in [1.165, 1.54) is 11.1 Å². The second-order valence-electron chi connectivity index (χ2n) is 6.60. The number of aryl methyl sites for hydroxylation is 1. The third-order valence-electron chi connectivity index (χ3n) is 4.36. The number of hydrogen-bond donors (Lipinski definition) is 1. The molecule has 0 aliphatic rings. The average Bonchev–Trinajstić information content (AvgIpc) is 3.16. The molecule has 1 amide bonds. The van der Waals surface area contributed by atoms with Crippen LogP contribution in [-0.2, 0) is 11.2 Å². The van der Waals surface area contributed by atoms with Crippen LogP contribution in [0.25, 0.3) is 11.0 Å². The van der Waals surface area contributed by atoms with Gasteiger partial charge in [-0.25, -0.2) is 0 Å². The first-order valence-corrected chi connectivity index (χ1v) is 8.29. The predicted octanol–water partition coefficient (Wildman–Crippen LogP) is 4.88. The lowest BCUT2D eigenvalue weighted by atomic mass is 9.95. The van der Waals surface area contributed by atoms with E-state index in [-0.39, 0.29) is 11.9 Å². The molecule has 0 radical (unpaired) electrons. The van der Waals surface area contributed by atoms with E-state index < -0.39 is 0 Å². The normalized spacial score (nSPS) is 12.7. The molecule has 0 spiro atoms. The SMILES string of the molecule is Cc1cc2occ(CC(=O)NC(C)c3ccco3)c2cc1C(C)C. The van der Waals surface area contributed by atoms with Crippen LogP contribution >= 0.6 is 0 Å². The van der Waals surface area contributed by atoms with E-state index in [2.05, 4.69) is 38.2 Å². The Hall–Kier alpha value is -2.49. The molecule has 1 unspecified atom stereocenters. The van der Waals surface area contributed by atoms with Crippen LogP contribution in [0.1, 0.15) is 55.2 Å². The monoisotopic (exact) mass is 325 g/mol. The van der Waals surface area contributed by atoms with Crippen molar-refractivity contribution in [2.75, 3.05) is 0 Å². The van der Waals surface area contributed by atoms with Crippen molar-refractivity contribution in [3.8, 4) is 0 Å². The highest BCUT2D eigenvalue weighted by Crippen LogP contribution is 2.29. The summed E-state index contributed by atoms with van der Waals surface area (Å²) in [5.74, 6) is 1.14. The van der Waals surface area contributed by atoms with Crippen LogP contribution in [0.2, 0.25) is 0 Å². The number of carbonyl (C=O) groups excluding carboxylic acids is 1. The van der Waals surface area contributed by atoms with Crippen molar-refractivity contribution in [1.82, 2.24) is 5.32 Å². The van der Waals surface area contributed by atoms with E-state index in [0.29, 0.717) is 12.3 Å².